The third kappa shape index (κ3) is 28300. The lowest BCUT2D eigenvalue weighted by atomic mass is 10.9. The third-order valence-electron chi connectivity index (χ3n) is 0. The molecule has 0 bridgehead atoms. The van der Waals surface area contributed by atoms with Crippen LogP contribution in [0.5, 0.6) is 0 Å². The van der Waals surface area contributed by atoms with Gasteiger partial charge < -0.3 is 26.6 Å². The monoisotopic (exact) mass is 201 g/mol. The van der Waals surface area contributed by atoms with Crippen molar-refractivity contribution in [3.8, 4) is 0 Å². The van der Waals surface area contributed by atoms with Crippen LogP contribution in [0.2, 0.25) is 0 Å². The predicted octanol–water partition coefficient (Wildman–Crippen LogP) is 0.156. The molecule has 0 rings (SSSR count). The average Bonchev–Trinajstić information content (AvgIpc) is 1.92. The Morgan fingerprint density at radius 3 is 0.538 bits per heavy atom. The second kappa shape index (κ2) is 95.3. The van der Waals surface area contributed by atoms with Gasteiger partial charge in [0.2, 0.25) is 0 Å². The number of hydrogen-bond donors (Lipinski definition) is 5. The average molecular weight is 201 g/mol. The second-order valence-corrected chi connectivity index (χ2v) is 1.26. The van der Waals surface area contributed by atoms with Crippen LogP contribution in [0, 0.1) is 0 Å². The lowest BCUT2D eigenvalue weighted by molar-refractivity contribution is 0.318. The maximum atomic E-state index is 7.57. The molecule has 0 aromatic carbocycles. The van der Waals surface area contributed by atoms with Crippen LogP contribution in [0.15, 0.2) is 0 Å². The molecule has 0 radical (unpaired) electrons. The summed E-state index contributed by atoms with van der Waals surface area (Å²) in [6, 6.07) is 0. The number of aliphatic hydroxyl groups excluding tert-OH is 4. The van der Waals surface area contributed by atoms with E-state index in [2.05, 4.69) is 0 Å². The summed E-state index contributed by atoms with van der Waals surface area (Å²) in [7, 11) is 0. The largest absolute Gasteiger partial charge is 0.397 e. The van der Waals surface area contributed by atoms with Gasteiger partial charge in [0.05, 0.1) is 0 Å². The summed E-state index contributed by atoms with van der Waals surface area (Å²) >= 11 is 0. The second-order valence-electron chi connectivity index (χ2n) is 1.26. The van der Waals surface area contributed by atoms with E-state index in [1.165, 1.54) is 0 Å². The molecule has 0 saturated heterocycles. The zero-order valence-corrected chi connectivity index (χ0v) is 9.32. The van der Waals surface area contributed by atoms with Gasteiger partial charge in [-0.2, -0.15) is 0 Å². The van der Waals surface area contributed by atoms with Gasteiger partial charge in [0.1, 0.15) is 0 Å². The van der Waals surface area contributed by atoms with Crippen molar-refractivity contribution < 1.29 is 20.4 Å². The van der Waals surface area contributed by atoms with Crippen LogP contribution in [0.25, 0.3) is 0 Å². The number of hydrogen-bond acceptors (Lipinski definition) is 5. The number of rotatable bonds is 0. The molecule has 0 aliphatic rings. The fraction of sp³-hybridized carbons (Fsp3) is 1.00. The van der Waals surface area contributed by atoms with Gasteiger partial charge in [-0.3, -0.25) is 0 Å². The molecule has 0 aromatic rings. The molecule has 88 valence electrons. The summed E-state index contributed by atoms with van der Waals surface area (Å²) in [5.74, 6) is 0. The Bertz CT molecular complexity index is 24.1. The van der Waals surface area contributed by atoms with E-state index in [0.717, 1.165) is 0 Å². The zero-order chi connectivity index (χ0) is 10.8. The molecule has 5 heteroatoms. The molecule has 0 spiro atoms. The molecule has 0 saturated carbocycles. The molecule has 0 aliphatic heterocycles. The first-order chi connectivity index (χ1) is 5.66. The highest BCUT2D eigenvalue weighted by Gasteiger charge is 1.35. The molecule has 0 heterocycles. The Kier molecular flexibility index (Phi) is 215. The lowest BCUT2D eigenvalue weighted by Gasteiger charge is -1.52. The van der Waals surface area contributed by atoms with Gasteiger partial charge in [0.25, 0.3) is 0 Å². The van der Waals surface area contributed by atoms with Crippen molar-refractivity contribution in [1.29, 1.82) is 0 Å². The van der Waals surface area contributed by atoms with Gasteiger partial charge in [-0.25, -0.2) is 0 Å². The van der Waals surface area contributed by atoms with Crippen LogP contribution >= 0.6 is 0 Å². The quantitative estimate of drug-likeness (QED) is 0.383. The van der Waals surface area contributed by atoms with Crippen molar-refractivity contribution in [2.24, 2.45) is 0 Å². The van der Waals surface area contributed by atoms with E-state index in [4.69, 9.17) is 20.4 Å². The van der Waals surface area contributed by atoms with E-state index in [9.17, 15) is 0 Å². The Morgan fingerprint density at radius 1 is 0.538 bits per heavy atom. The highest BCUT2D eigenvalue weighted by atomic mass is 16.3. The van der Waals surface area contributed by atoms with Gasteiger partial charge in [0, 0.05) is 26.4 Å². The first-order valence-electron chi connectivity index (χ1n) is 4.09. The highest BCUT2D eigenvalue weighted by molar-refractivity contribution is 3.84. The molecule has 0 fully saturated rings. The molecule has 0 atom stereocenters. The van der Waals surface area contributed by atoms with Gasteiger partial charge >= 0.3 is 0 Å². The van der Waals surface area contributed by atoms with E-state index in [-0.39, 0.29) is 32.6 Å². The first-order valence-corrected chi connectivity index (χ1v) is 4.09. The molecular formula is C8H27NO4. The standard InChI is InChI=1S/4C2H6O.H3N/c4*1-2-3;/h4*3H,2H2,1H3;1H3. The Morgan fingerprint density at radius 2 is 0.538 bits per heavy atom. The summed E-state index contributed by atoms with van der Waals surface area (Å²) < 4.78 is 0. The van der Waals surface area contributed by atoms with Crippen LogP contribution in [0.1, 0.15) is 27.7 Å². The van der Waals surface area contributed by atoms with E-state index >= 15 is 0 Å². The molecule has 0 aliphatic carbocycles. The highest BCUT2D eigenvalue weighted by Crippen LogP contribution is 1.30. The van der Waals surface area contributed by atoms with Gasteiger partial charge in [0.15, 0.2) is 0 Å². The van der Waals surface area contributed by atoms with E-state index in [1.54, 1.807) is 27.7 Å². The Labute approximate surface area is 81.6 Å². The minimum absolute atomic E-state index is 0. The maximum absolute atomic E-state index is 7.57. The minimum atomic E-state index is 0. The van der Waals surface area contributed by atoms with Gasteiger partial charge in [-0.05, 0) is 27.7 Å². The summed E-state index contributed by atoms with van der Waals surface area (Å²) in [6.45, 7) is 7.72. The topological polar surface area (TPSA) is 116 Å². The molecule has 0 unspecified atom stereocenters. The minimum Gasteiger partial charge on any atom is -0.397 e. The van der Waals surface area contributed by atoms with E-state index in [1.807, 2.05) is 0 Å². The van der Waals surface area contributed by atoms with Crippen molar-refractivity contribution in [1.82, 2.24) is 6.15 Å². The third-order valence-corrected chi connectivity index (χ3v) is 0. The van der Waals surface area contributed by atoms with Crippen LogP contribution < -0.4 is 6.15 Å². The fourth-order valence-electron chi connectivity index (χ4n) is 0. The van der Waals surface area contributed by atoms with Crippen LogP contribution in [-0.2, 0) is 0 Å². The molecule has 7 N–H and O–H groups in total. The van der Waals surface area contributed by atoms with Gasteiger partial charge in [-0.1, -0.05) is 0 Å². The van der Waals surface area contributed by atoms with Crippen molar-refractivity contribution >= 4 is 0 Å². The van der Waals surface area contributed by atoms with E-state index in [0.29, 0.717) is 0 Å². The summed E-state index contributed by atoms with van der Waals surface area (Å²) in [5.41, 5.74) is 0. The summed E-state index contributed by atoms with van der Waals surface area (Å²) in [6.07, 6.45) is 0. The van der Waals surface area contributed by atoms with Crippen LogP contribution in [0.3, 0.4) is 0 Å². The molecule has 13 heavy (non-hydrogen) atoms. The molecule has 0 amide bonds. The number of aliphatic hydroxyl groups is 4. The van der Waals surface area contributed by atoms with Crippen LogP contribution in [-0.4, -0.2) is 46.9 Å². The Hall–Kier alpha value is -0.200. The van der Waals surface area contributed by atoms with Crippen molar-refractivity contribution in [2.45, 2.75) is 27.7 Å². The predicted molar refractivity (Wildman–Crippen MR) is 56.1 cm³/mol. The summed E-state index contributed by atoms with van der Waals surface area (Å²) in [5, 5.41) is 30.3. The zero-order valence-electron chi connectivity index (χ0n) is 9.32. The Balaban J connectivity index is -0.0000000213. The molecule has 5 nitrogen and oxygen atoms in total. The smallest absolute Gasteiger partial charge is 0.0402 e. The van der Waals surface area contributed by atoms with Crippen molar-refractivity contribution in [3.63, 3.8) is 0 Å². The molecular weight excluding hydrogens is 174 g/mol. The first kappa shape index (κ1) is 29.3. The van der Waals surface area contributed by atoms with Crippen LogP contribution in [0.4, 0.5) is 0 Å². The lowest BCUT2D eigenvalue weighted by Crippen LogP contribution is -1.57. The SMILES string of the molecule is CCO.CCO.CCO.CCO.N. The summed E-state index contributed by atoms with van der Waals surface area (Å²) in [4.78, 5) is 0. The maximum Gasteiger partial charge on any atom is 0.0402 e. The van der Waals surface area contributed by atoms with Crippen molar-refractivity contribution in [3.05, 3.63) is 0 Å². The van der Waals surface area contributed by atoms with E-state index < -0.39 is 0 Å². The fourth-order valence-corrected chi connectivity index (χ4v) is 0. The molecule has 0 aromatic heterocycles. The van der Waals surface area contributed by atoms with Gasteiger partial charge in [-0.15, -0.1) is 0 Å². The normalized spacial score (nSPS) is 5.54. The van der Waals surface area contributed by atoms with Crippen molar-refractivity contribution in [2.75, 3.05) is 26.4 Å².